The predicted octanol–water partition coefficient (Wildman–Crippen LogP) is 4.40. The largest absolute Gasteiger partial charge is 0.321 e. The molecule has 25 heavy (non-hydrogen) atoms. The lowest BCUT2D eigenvalue weighted by molar-refractivity contribution is 0.342. The fraction of sp³-hybridized carbons (Fsp3) is 0.545. The smallest absolute Gasteiger partial charge is 0.126 e. The van der Waals surface area contributed by atoms with E-state index in [0.717, 1.165) is 17.4 Å². The summed E-state index contributed by atoms with van der Waals surface area (Å²) >= 11 is 0. The predicted molar refractivity (Wildman–Crippen MR) is 109 cm³/mol. The summed E-state index contributed by atoms with van der Waals surface area (Å²) in [6, 6.07) is 11.2. The minimum Gasteiger partial charge on any atom is -0.321 e. The molecule has 1 heterocycles. The molecule has 134 valence electrons. The van der Waals surface area contributed by atoms with Crippen LogP contribution in [-0.2, 0) is 0 Å². The number of nitrogens with one attached hydrogen (secondary N) is 1. The average Bonchev–Trinajstić information content (AvgIpc) is 2.97. The van der Waals surface area contributed by atoms with Gasteiger partial charge < -0.3 is 9.88 Å². The molecule has 3 heteroatoms. The molecular formula is C22H32N2Si. The highest BCUT2D eigenvalue weighted by atomic mass is 28.3. The lowest BCUT2D eigenvalue weighted by Crippen LogP contribution is -2.59. The van der Waals surface area contributed by atoms with Crippen molar-refractivity contribution in [2.75, 3.05) is 26.2 Å². The van der Waals surface area contributed by atoms with Crippen LogP contribution in [0.15, 0.2) is 54.6 Å². The van der Waals surface area contributed by atoms with Gasteiger partial charge in [-0.3, -0.25) is 0 Å². The number of fused-ring (bicyclic) bond motifs is 1. The zero-order chi connectivity index (χ0) is 17.3. The van der Waals surface area contributed by atoms with Crippen LogP contribution in [0.2, 0.25) is 18.6 Å². The van der Waals surface area contributed by atoms with Crippen molar-refractivity contribution < 1.29 is 0 Å². The van der Waals surface area contributed by atoms with Crippen molar-refractivity contribution in [1.29, 1.82) is 0 Å². The third-order valence-corrected chi connectivity index (χ3v) is 11.6. The van der Waals surface area contributed by atoms with Gasteiger partial charge in [0.1, 0.15) is 8.24 Å². The van der Waals surface area contributed by atoms with Crippen molar-refractivity contribution in [3.63, 3.8) is 0 Å². The van der Waals surface area contributed by atoms with E-state index in [-0.39, 0.29) is 0 Å². The van der Waals surface area contributed by atoms with Crippen LogP contribution < -0.4 is 5.32 Å². The molecular weight excluding hydrogens is 320 g/mol. The molecule has 4 rings (SSSR count). The number of rotatable bonds is 3. The van der Waals surface area contributed by atoms with E-state index >= 15 is 0 Å². The molecule has 4 atom stereocenters. The number of hydrogen-bond acceptors (Lipinski definition) is 2. The molecule has 1 saturated heterocycles. The summed E-state index contributed by atoms with van der Waals surface area (Å²) in [6.45, 7) is 10.1. The second-order valence-corrected chi connectivity index (χ2v) is 13.2. The Morgan fingerprint density at radius 3 is 2.44 bits per heavy atom. The van der Waals surface area contributed by atoms with Gasteiger partial charge in [-0.25, -0.2) is 0 Å². The molecule has 3 aliphatic rings. The Kier molecular flexibility index (Phi) is 4.98. The van der Waals surface area contributed by atoms with Gasteiger partial charge in [-0.2, -0.15) is 0 Å². The van der Waals surface area contributed by atoms with Gasteiger partial charge in [-0.15, -0.1) is 0 Å². The van der Waals surface area contributed by atoms with Gasteiger partial charge in [-0.05, 0) is 29.4 Å². The number of piperazine rings is 1. The molecule has 4 unspecified atom stereocenters. The minimum atomic E-state index is -1.42. The summed E-state index contributed by atoms with van der Waals surface area (Å²) in [4.78, 5) is 0. The number of allylic oxidation sites excluding steroid dienone is 4. The average molecular weight is 353 g/mol. The van der Waals surface area contributed by atoms with Crippen molar-refractivity contribution in [2.45, 2.75) is 37.4 Å². The van der Waals surface area contributed by atoms with Crippen molar-refractivity contribution in [1.82, 2.24) is 9.88 Å². The van der Waals surface area contributed by atoms with E-state index in [9.17, 15) is 0 Å². The zero-order valence-corrected chi connectivity index (χ0v) is 16.7. The van der Waals surface area contributed by atoms with Crippen LogP contribution in [-0.4, -0.2) is 39.0 Å². The van der Waals surface area contributed by atoms with Gasteiger partial charge in [-0.1, -0.05) is 74.2 Å². The second kappa shape index (κ2) is 7.22. The van der Waals surface area contributed by atoms with E-state index in [4.69, 9.17) is 0 Å². The number of nitrogens with zero attached hydrogens (tertiary/aromatic N) is 1. The van der Waals surface area contributed by atoms with E-state index in [2.05, 4.69) is 77.6 Å². The van der Waals surface area contributed by atoms with E-state index in [1.807, 2.05) is 0 Å². The van der Waals surface area contributed by atoms with Crippen LogP contribution in [0.25, 0.3) is 0 Å². The summed E-state index contributed by atoms with van der Waals surface area (Å²) in [6.07, 6.45) is 12.4. The molecule has 0 amide bonds. The van der Waals surface area contributed by atoms with Crippen LogP contribution >= 0.6 is 0 Å². The summed E-state index contributed by atoms with van der Waals surface area (Å²) in [7, 11) is -1.42. The monoisotopic (exact) mass is 352 g/mol. The lowest BCUT2D eigenvalue weighted by atomic mass is 9.80. The Morgan fingerprint density at radius 2 is 1.68 bits per heavy atom. The van der Waals surface area contributed by atoms with E-state index < -0.39 is 8.24 Å². The highest BCUT2D eigenvalue weighted by Crippen LogP contribution is 2.54. The molecule has 0 bridgehead atoms. The highest BCUT2D eigenvalue weighted by molar-refractivity contribution is 6.76. The second-order valence-electron chi connectivity index (χ2n) is 8.52. The molecule has 0 aromatic heterocycles. The van der Waals surface area contributed by atoms with Crippen LogP contribution in [0.1, 0.15) is 24.3 Å². The van der Waals surface area contributed by atoms with Crippen molar-refractivity contribution in [3.8, 4) is 0 Å². The van der Waals surface area contributed by atoms with Crippen molar-refractivity contribution >= 4 is 8.24 Å². The van der Waals surface area contributed by atoms with E-state index in [0.29, 0.717) is 5.92 Å². The minimum absolute atomic E-state index is 0.582. The van der Waals surface area contributed by atoms with E-state index in [1.165, 1.54) is 44.6 Å². The zero-order valence-electron chi connectivity index (χ0n) is 15.7. The van der Waals surface area contributed by atoms with Crippen LogP contribution in [0.5, 0.6) is 0 Å². The Hall–Kier alpha value is -1.16. The molecule has 1 aromatic rings. The van der Waals surface area contributed by atoms with Gasteiger partial charge in [0.25, 0.3) is 0 Å². The fourth-order valence-corrected chi connectivity index (χ4v) is 9.62. The quantitative estimate of drug-likeness (QED) is 0.811. The first-order valence-corrected chi connectivity index (χ1v) is 13.1. The normalized spacial score (nSPS) is 33.2. The van der Waals surface area contributed by atoms with Crippen LogP contribution in [0.4, 0.5) is 0 Å². The SMILES string of the molecule is C[Si](C)(C1CCC2C(c3ccccc3)C=CC=CC21)N1CCNCC1. The van der Waals surface area contributed by atoms with Gasteiger partial charge in [0, 0.05) is 32.1 Å². The molecule has 0 spiro atoms. The Labute approximate surface area is 154 Å². The standard InChI is InChI=1S/C22H32N2Si/c1-25(2,24-16-14-23-15-17-24)22-13-12-20-19(10-6-7-11-21(20)22)18-8-4-3-5-9-18/h3-11,19-23H,12-17H2,1-2H3. The highest BCUT2D eigenvalue weighted by Gasteiger charge is 2.49. The van der Waals surface area contributed by atoms with Crippen LogP contribution in [0, 0.1) is 11.8 Å². The van der Waals surface area contributed by atoms with Crippen molar-refractivity contribution in [2.24, 2.45) is 11.8 Å². The van der Waals surface area contributed by atoms with Gasteiger partial charge in [0.05, 0.1) is 0 Å². The number of benzene rings is 1. The molecule has 2 nitrogen and oxygen atoms in total. The van der Waals surface area contributed by atoms with E-state index in [1.54, 1.807) is 0 Å². The Morgan fingerprint density at radius 1 is 0.960 bits per heavy atom. The number of hydrogen-bond donors (Lipinski definition) is 1. The summed E-state index contributed by atoms with van der Waals surface area (Å²) in [5.74, 6) is 2.10. The molecule has 2 aliphatic carbocycles. The molecule has 2 fully saturated rings. The fourth-order valence-electron chi connectivity index (χ4n) is 5.60. The Balaban J connectivity index is 1.59. The van der Waals surface area contributed by atoms with Gasteiger partial charge >= 0.3 is 0 Å². The lowest BCUT2D eigenvalue weighted by Gasteiger charge is -2.45. The topological polar surface area (TPSA) is 15.3 Å². The summed E-state index contributed by atoms with van der Waals surface area (Å²) in [5.41, 5.74) is 2.39. The summed E-state index contributed by atoms with van der Waals surface area (Å²) < 4.78 is 2.88. The maximum Gasteiger partial charge on any atom is 0.126 e. The molecule has 1 saturated carbocycles. The maximum atomic E-state index is 3.53. The molecule has 0 radical (unpaired) electrons. The van der Waals surface area contributed by atoms with Crippen molar-refractivity contribution in [3.05, 3.63) is 60.2 Å². The van der Waals surface area contributed by atoms with Crippen LogP contribution in [0.3, 0.4) is 0 Å². The third kappa shape index (κ3) is 3.30. The van der Waals surface area contributed by atoms with Gasteiger partial charge in [0.15, 0.2) is 0 Å². The first-order valence-electron chi connectivity index (χ1n) is 10.0. The first-order chi connectivity index (χ1) is 12.2. The summed E-state index contributed by atoms with van der Waals surface area (Å²) in [5, 5.41) is 3.53. The molecule has 1 aromatic carbocycles. The molecule has 1 aliphatic heterocycles. The van der Waals surface area contributed by atoms with Gasteiger partial charge in [0.2, 0.25) is 0 Å². The third-order valence-electron chi connectivity index (χ3n) is 7.02. The first kappa shape index (κ1) is 17.3. The maximum absolute atomic E-state index is 3.53. The molecule has 1 N–H and O–H groups in total. The Bertz CT molecular complexity index is 631.